The van der Waals surface area contributed by atoms with Crippen molar-refractivity contribution in [1.29, 1.82) is 0 Å². The van der Waals surface area contributed by atoms with Gasteiger partial charge in [0.25, 0.3) is 5.91 Å². The first-order valence-corrected chi connectivity index (χ1v) is 8.73. The van der Waals surface area contributed by atoms with E-state index in [-0.39, 0.29) is 17.5 Å². The third kappa shape index (κ3) is 5.28. The summed E-state index contributed by atoms with van der Waals surface area (Å²) in [4.78, 5) is 16.5. The topological polar surface area (TPSA) is 42.0 Å². The van der Waals surface area contributed by atoms with Crippen LogP contribution in [-0.4, -0.2) is 22.6 Å². The second-order valence-corrected chi connectivity index (χ2v) is 7.15. The molecule has 3 rings (SSSR count). The summed E-state index contributed by atoms with van der Waals surface area (Å²) < 4.78 is 66.6. The average Bonchev–Trinajstić information content (AvgIpc) is 2.59. The van der Waals surface area contributed by atoms with Crippen molar-refractivity contribution in [2.45, 2.75) is 31.5 Å². The maximum Gasteiger partial charge on any atom is 0.391 e. The normalized spacial score (nSPS) is 13.9. The number of hydrogen-bond donors (Lipinski definition) is 1. The highest BCUT2D eigenvalue weighted by atomic mass is 19.4. The van der Waals surface area contributed by atoms with Crippen LogP contribution in [0.25, 0.3) is 10.9 Å². The molecule has 1 aromatic heterocycles. The molecule has 8 heteroatoms. The van der Waals surface area contributed by atoms with Crippen LogP contribution < -0.4 is 5.32 Å². The highest BCUT2D eigenvalue weighted by molar-refractivity contribution is 5.97. The number of carbonyl (C=O) groups is 1. The number of amides is 1. The van der Waals surface area contributed by atoms with Crippen LogP contribution in [0.3, 0.4) is 0 Å². The minimum absolute atomic E-state index is 0.00394. The van der Waals surface area contributed by atoms with Gasteiger partial charge in [0, 0.05) is 11.6 Å². The van der Waals surface area contributed by atoms with Crippen LogP contribution in [0, 0.1) is 11.6 Å². The Morgan fingerprint density at radius 2 is 1.79 bits per heavy atom. The SMILES string of the molecule is C[C@@](Cc1cccc(F)c1)(CC(F)(F)F)NC(=O)c1cnc2c(F)cccc2c1. The molecule has 3 aromatic rings. The summed E-state index contributed by atoms with van der Waals surface area (Å²) in [5, 5.41) is 2.75. The molecule has 0 fully saturated rings. The molecule has 3 nitrogen and oxygen atoms in total. The molecule has 29 heavy (non-hydrogen) atoms. The number of alkyl halides is 3. The van der Waals surface area contributed by atoms with E-state index < -0.39 is 35.7 Å². The molecule has 0 aliphatic carbocycles. The van der Waals surface area contributed by atoms with E-state index in [4.69, 9.17) is 0 Å². The predicted molar refractivity (Wildman–Crippen MR) is 98.3 cm³/mol. The summed E-state index contributed by atoms with van der Waals surface area (Å²) in [6.07, 6.45) is -4.99. The molecule has 0 saturated heterocycles. The smallest absolute Gasteiger partial charge is 0.346 e. The highest BCUT2D eigenvalue weighted by Gasteiger charge is 2.40. The minimum atomic E-state index is -4.56. The lowest BCUT2D eigenvalue weighted by Gasteiger charge is -2.32. The molecule has 0 unspecified atom stereocenters. The Morgan fingerprint density at radius 3 is 2.48 bits per heavy atom. The van der Waals surface area contributed by atoms with Crippen LogP contribution in [0.15, 0.2) is 54.7 Å². The summed E-state index contributed by atoms with van der Waals surface area (Å²) in [6.45, 7) is 1.25. The van der Waals surface area contributed by atoms with Gasteiger partial charge in [-0.3, -0.25) is 9.78 Å². The lowest BCUT2D eigenvalue weighted by atomic mass is 9.88. The van der Waals surface area contributed by atoms with Crippen molar-refractivity contribution in [1.82, 2.24) is 10.3 Å². The lowest BCUT2D eigenvalue weighted by Crippen LogP contribution is -2.50. The number of para-hydroxylation sites is 1. The van der Waals surface area contributed by atoms with Gasteiger partial charge in [-0.05, 0) is 43.2 Å². The molecule has 0 radical (unpaired) electrons. The number of pyridine rings is 1. The fourth-order valence-corrected chi connectivity index (χ4v) is 3.28. The minimum Gasteiger partial charge on any atom is -0.346 e. The van der Waals surface area contributed by atoms with E-state index in [2.05, 4.69) is 10.3 Å². The molecule has 1 amide bonds. The van der Waals surface area contributed by atoms with Crippen molar-refractivity contribution in [3.05, 3.63) is 77.5 Å². The van der Waals surface area contributed by atoms with E-state index in [0.717, 1.165) is 12.3 Å². The number of rotatable bonds is 5. The standard InChI is InChI=1S/C21H17F5N2O/c1-20(12-21(24,25)26,10-13-4-2-6-16(22)8-13)28-19(29)15-9-14-5-3-7-17(23)18(14)27-11-15/h2-9,11H,10,12H2,1H3,(H,28,29)/t20-/m1/s1. The van der Waals surface area contributed by atoms with Gasteiger partial charge < -0.3 is 5.32 Å². The Morgan fingerprint density at radius 1 is 1.07 bits per heavy atom. The Kier molecular flexibility index (Phi) is 5.55. The van der Waals surface area contributed by atoms with E-state index in [1.807, 2.05) is 0 Å². The van der Waals surface area contributed by atoms with Crippen LogP contribution in [0.2, 0.25) is 0 Å². The van der Waals surface area contributed by atoms with Gasteiger partial charge in [0.1, 0.15) is 17.2 Å². The van der Waals surface area contributed by atoms with Crippen molar-refractivity contribution >= 4 is 16.8 Å². The molecule has 0 aliphatic rings. The number of benzene rings is 2. The molecule has 1 atom stereocenters. The second kappa shape index (κ2) is 7.77. The molecule has 1 N–H and O–H groups in total. The quantitative estimate of drug-likeness (QED) is 0.590. The average molecular weight is 408 g/mol. The van der Waals surface area contributed by atoms with Gasteiger partial charge in [-0.15, -0.1) is 0 Å². The third-order valence-electron chi connectivity index (χ3n) is 4.41. The number of carbonyl (C=O) groups excluding carboxylic acids is 1. The maximum absolute atomic E-state index is 13.7. The highest BCUT2D eigenvalue weighted by Crippen LogP contribution is 2.30. The predicted octanol–water partition coefficient (Wildman–Crippen LogP) is 5.20. The molecule has 0 spiro atoms. The van der Waals surface area contributed by atoms with Gasteiger partial charge >= 0.3 is 6.18 Å². The zero-order valence-electron chi connectivity index (χ0n) is 15.4. The van der Waals surface area contributed by atoms with Crippen molar-refractivity contribution in [3.63, 3.8) is 0 Å². The summed E-state index contributed by atoms with van der Waals surface area (Å²) in [7, 11) is 0. The van der Waals surface area contributed by atoms with E-state index >= 15 is 0 Å². The molecule has 2 aromatic carbocycles. The van der Waals surface area contributed by atoms with Crippen LogP contribution in [-0.2, 0) is 6.42 Å². The summed E-state index contributed by atoms with van der Waals surface area (Å²) >= 11 is 0. The Hall–Kier alpha value is -3.03. The number of nitrogens with one attached hydrogen (secondary N) is 1. The van der Waals surface area contributed by atoms with Gasteiger partial charge in [0.2, 0.25) is 0 Å². The third-order valence-corrected chi connectivity index (χ3v) is 4.41. The van der Waals surface area contributed by atoms with Crippen molar-refractivity contribution in [2.75, 3.05) is 0 Å². The molecule has 1 heterocycles. The zero-order valence-corrected chi connectivity index (χ0v) is 15.4. The Bertz CT molecular complexity index is 1050. The maximum atomic E-state index is 13.7. The van der Waals surface area contributed by atoms with E-state index in [9.17, 15) is 26.7 Å². The number of aromatic nitrogens is 1. The molecular formula is C21H17F5N2O. The van der Waals surface area contributed by atoms with Gasteiger partial charge in [-0.25, -0.2) is 8.78 Å². The van der Waals surface area contributed by atoms with Crippen molar-refractivity contribution in [2.24, 2.45) is 0 Å². The lowest BCUT2D eigenvalue weighted by molar-refractivity contribution is -0.147. The molecule has 0 bridgehead atoms. The first-order chi connectivity index (χ1) is 13.5. The zero-order chi connectivity index (χ0) is 21.2. The first kappa shape index (κ1) is 20.7. The monoisotopic (exact) mass is 408 g/mol. The molecule has 152 valence electrons. The second-order valence-electron chi connectivity index (χ2n) is 7.15. The fourth-order valence-electron chi connectivity index (χ4n) is 3.28. The van der Waals surface area contributed by atoms with Crippen LogP contribution in [0.4, 0.5) is 22.0 Å². The number of nitrogens with zero attached hydrogens (tertiary/aromatic N) is 1. The molecule has 0 aliphatic heterocycles. The molecule has 0 saturated carbocycles. The van der Waals surface area contributed by atoms with Crippen LogP contribution in [0.5, 0.6) is 0 Å². The summed E-state index contributed by atoms with van der Waals surface area (Å²) in [5.41, 5.74) is -1.35. The largest absolute Gasteiger partial charge is 0.391 e. The van der Waals surface area contributed by atoms with Crippen molar-refractivity contribution in [3.8, 4) is 0 Å². The Balaban J connectivity index is 1.89. The van der Waals surface area contributed by atoms with Crippen molar-refractivity contribution < 1.29 is 26.7 Å². The first-order valence-electron chi connectivity index (χ1n) is 8.73. The summed E-state index contributed by atoms with van der Waals surface area (Å²) in [5.74, 6) is -1.93. The van der Waals surface area contributed by atoms with E-state index in [0.29, 0.717) is 10.9 Å². The van der Waals surface area contributed by atoms with E-state index in [1.165, 1.54) is 43.3 Å². The van der Waals surface area contributed by atoms with E-state index in [1.54, 1.807) is 6.07 Å². The molecular weight excluding hydrogens is 391 g/mol. The van der Waals surface area contributed by atoms with Gasteiger partial charge in [-0.1, -0.05) is 24.3 Å². The van der Waals surface area contributed by atoms with Gasteiger partial charge in [0.05, 0.1) is 17.5 Å². The number of hydrogen-bond acceptors (Lipinski definition) is 2. The van der Waals surface area contributed by atoms with Crippen LogP contribution >= 0.6 is 0 Å². The van der Waals surface area contributed by atoms with Crippen LogP contribution in [0.1, 0.15) is 29.3 Å². The number of fused-ring (bicyclic) bond motifs is 1. The summed E-state index contributed by atoms with van der Waals surface area (Å²) in [6, 6.07) is 10.8. The van der Waals surface area contributed by atoms with Gasteiger partial charge in [-0.2, -0.15) is 13.2 Å². The van der Waals surface area contributed by atoms with Gasteiger partial charge in [0.15, 0.2) is 0 Å². The fraction of sp³-hybridized carbons (Fsp3) is 0.238. The number of halogens is 5. The Labute approximate surface area is 163 Å².